The number of rotatable bonds is 7. The molecule has 2 amide bonds. The molecule has 1 aliphatic heterocycles. The Hall–Kier alpha value is -4.53. The Bertz CT molecular complexity index is 1210. The molecule has 0 radical (unpaired) electrons. The number of ether oxygens (including phenoxy) is 3. The molecule has 0 saturated heterocycles. The molecule has 0 fully saturated rings. The fraction of sp³-hybridized carbons (Fsp3) is 0.192. The lowest BCUT2D eigenvalue weighted by Gasteiger charge is -2.23. The quantitative estimate of drug-likeness (QED) is 0.509. The van der Waals surface area contributed by atoms with Crippen molar-refractivity contribution in [2.24, 2.45) is 5.10 Å². The number of methoxy groups -OCH3 is 3. The Labute approximate surface area is 203 Å². The van der Waals surface area contributed by atoms with E-state index in [1.807, 2.05) is 65.7 Å². The smallest absolute Gasteiger partial charge is 0.285 e. The molecule has 3 aromatic carbocycles. The lowest BCUT2D eigenvalue weighted by molar-refractivity contribution is -0.115. The molecule has 4 rings (SSSR count). The molecule has 35 heavy (non-hydrogen) atoms. The van der Waals surface area contributed by atoms with Gasteiger partial charge >= 0.3 is 0 Å². The maximum atomic E-state index is 12.9. The van der Waals surface area contributed by atoms with Crippen LogP contribution >= 0.6 is 0 Å². The summed E-state index contributed by atoms with van der Waals surface area (Å²) < 4.78 is 15.9. The van der Waals surface area contributed by atoms with Gasteiger partial charge in [0.25, 0.3) is 11.8 Å². The van der Waals surface area contributed by atoms with Crippen molar-refractivity contribution in [2.75, 3.05) is 26.3 Å². The average Bonchev–Trinajstić information content (AvgIpc) is 3.37. The number of benzene rings is 3. The van der Waals surface area contributed by atoms with Crippen molar-refractivity contribution < 1.29 is 23.8 Å². The molecule has 0 aromatic heterocycles. The molecular formula is C26H26N4O5. The molecule has 0 saturated carbocycles. The van der Waals surface area contributed by atoms with E-state index < -0.39 is 11.8 Å². The number of amides is 2. The first-order valence-corrected chi connectivity index (χ1v) is 10.9. The van der Waals surface area contributed by atoms with Gasteiger partial charge in [-0.15, -0.1) is 0 Å². The largest absolute Gasteiger partial charge is 0.493 e. The zero-order valence-electron chi connectivity index (χ0n) is 19.6. The molecular weight excluding hydrogens is 448 g/mol. The summed E-state index contributed by atoms with van der Waals surface area (Å²) in [4.78, 5) is 25.7. The Morgan fingerprint density at radius 1 is 0.829 bits per heavy atom. The molecule has 1 atom stereocenters. The third-order valence-corrected chi connectivity index (χ3v) is 5.59. The molecule has 0 spiro atoms. The molecule has 2 N–H and O–H groups in total. The van der Waals surface area contributed by atoms with Gasteiger partial charge < -0.3 is 14.2 Å². The van der Waals surface area contributed by atoms with E-state index in [1.165, 1.54) is 33.5 Å². The fourth-order valence-electron chi connectivity index (χ4n) is 3.87. The number of hydrogen-bond acceptors (Lipinski definition) is 7. The molecule has 9 nitrogen and oxygen atoms in total. The van der Waals surface area contributed by atoms with Crippen LogP contribution < -0.4 is 30.1 Å². The van der Waals surface area contributed by atoms with Crippen molar-refractivity contribution in [1.82, 2.24) is 10.9 Å². The van der Waals surface area contributed by atoms with Crippen LogP contribution in [0.1, 0.15) is 28.4 Å². The first-order valence-electron chi connectivity index (χ1n) is 10.9. The van der Waals surface area contributed by atoms with E-state index in [4.69, 9.17) is 14.2 Å². The van der Waals surface area contributed by atoms with Crippen LogP contribution in [0.2, 0.25) is 0 Å². The van der Waals surface area contributed by atoms with Crippen LogP contribution in [0.3, 0.4) is 0 Å². The van der Waals surface area contributed by atoms with Crippen LogP contribution in [0.4, 0.5) is 5.69 Å². The summed E-state index contributed by atoms with van der Waals surface area (Å²) in [5.41, 5.74) is 7.32. The van der Waals surface area contributed by atoms with E-state index in [9.17, 15) is 9.59 Å². The van der Waals surface area contributed by atoms with E-state index in [2.05, 4.69) is 16.0 Å². The first kappa shape index (κ1) is 23.6. The number of hydrazone groups is 1. The first-order chi connectivity index (χ1) is 17.0. The second-order valence-corrected chi connectivity index (χ2v) is 7.68. The third kappa shape index (κ3) is 5.03. The number of hydrogen-bond donors (Lipinski definition) is 2. The van der Waals surface area contributed by atoms with Crippen molar-refractivity contribution in [3.63, 3.8) is 0 Å². The predicted octanol–water partition coefficient (Wildman–Crippen LogP) is 3.48. The Balaban J connectivity index is 1.50. The second kappa shape index (κ2) is 10.6. The average molecular weight is 475 g/mol. The molecule has 1 heterocycles. The van der Waals surface area contributed by atoms with Gasteiger partial charge in [-0.05, 0) is 29.8 Å². The Morgan fingerprint density at radius 3 is 1.97 bits per heavy atom. The van der Waals surface area contributed by atoms with Crippen LogP contribution in [0.5, 0.6) is 17.2 Å². The third-order valence-electron chi connectivity index (χ3n) is 5.59. The van der Waals surface area contributed by atoms with Gasteiger partial charge in [-0.2, -0.15) is 5.10 Å². The summed E-state index contributed by atoms with van der Waals surface area (Å²) in [7, 11) is 4.39. The monoisotopic (exact) mass is 474 g/mol. The van der Waals surface area contributed by atoms with Crippen molar-refractivity contribution in [1.29, 1.82) is 0 Å². The number of carbonyl (C=O) groups excluding carboxylic acids is 2. The van der Waals surface area contributed by atoms with Gasteiger partial charge in [-0.25, -0.2) is 0 Å². The maximum absolute atomic E-state index is 12.9. The van der Waals surface area contributed by atoms with Gasteiger partial charge in [-0.1, -0.05) is 48.5 Å². The topological polar surface area (TPSA) is 101 Å². The number of nitrogens with one attached hydrogen (secondary N) is 2. The van der Waals surface area contributed by atoms with E-state index in [0.717, 1.165) is 11.3 Å². The number of para-hydroxylation sites is 1. The van der Waals surface area contributed by atoms with Gasteiger partial charge in [0, 0.05) is 12.0 Å². The number of hydrazine groups is 1. The fourth-order valence-corrected chi connectivity index (χ4v) is 3.87. The van der Waals surface area contributed by atoms with E-state index >= 15 is 0 Å². The molecule has 9 heteroatoms. The summed E-state index contributed by atoms with van der Waals surface area (Å²) in [6, 6.07) is 22.3. The van der Waals surface area contributed by atoms with Crippen molar-refractivity contribution in [2.45, 2.75) is 12.5 Å². The normalized spacial score (nSPS) is 14.7. The van der Waals surface area contributed by atoms with Gasteiger partial charge in [0.15, 0.2) is 11.5 Å². The van der Waals surface area contributed by atoms with Crippen LogP contribution in [-0.2, 0) is 4.79 Å². The molecule has 1 unspecified atom stereocenters. The van der Waals surface area contributed by atoms with Crippen LogP contribution in [0, 0.1) is 0 Å². The summed E-state index contributed by atoms with van der Waals surface area (Å²) in [5, 5.41) is 6.40. The summed E-state index contributed by atoms with van der Waals surface area (Å²) in [6.45, 7) is 0. The van der Waals surface area contributed by atoms with E-state index in [1.54, 1.807) is 0 Å². The lowest BCUT2D eigenvalue weighted by Crippen LogP contribution is -2.44. The zero-order chi connectivity index (χ0) is 24.8. The molecule has 180 valence electrons. The highest BCUT2D eigenvalue weighted by molar-refractivity contribution is 6.39. The minimum absolute atomic E-state index is 0.148. The van der Waals surface area contributed by atoms with Crippen molar-refractivity contribution >= 4 is 23.2 Å². The molecule has 3 aromatic rings. The van der Waals surface area contributed by atoms with Crippen molar-refractivity contribution in [3.8, 4) is 17.2 Å². The maximum Gasteiger partial charge on any atom is 0.285 e. The molecule has 1 aliphatic rings. The highest BCUT2D eigenvalue weighted by atomic mass is 16.5. The predicted molar refractivity (Wildman–Crippen MR) is 132 cm³/mol. The number of carbonyl (C=O) groups is 2. The SMILES string of the molecule is COc1cc(C(=O)NNC(=O)C2=NN(c3ccccc3)C(c3ccccc3)C2)cc(OC)c1OC. The van der Waals surface area contributed by atoms with Crippen molar-refractivity contribution in [3.05, 3.63) is 83.9 Å². The minimum Gasteiger partial charge on any atom is -0.493 e. The summed E-state index contributed by atoms with van der Waals surface area (Å²) in [6.07, 6.45) is 0.380. The van der Waals surface area contributed by atoms with E-state index in [-0.39, 0.29) is 11.6 Å². The summed E-state index contributed by atoms with van der Waals surface area (Å²) in [5.74, 6) is -0.0230. The minimum atomic E-state index is -0.546. The van der Waals surface area contributed by atoms with Crippen LogP contribution in [0.15, 0.2) is 77.9 Å². The number of anilines is 1. The van der Waals surface area contributed by atoms with E-state index in [0.29, 0.717) is 29.4 Å². The summed E-state index contributed by atoms with van der Waals surface area (Å²) >= 11 is 0. The Kier molecular flexibility index (Phi) is 7.15. The molecule has 0 bridgehead atoms. The Morgan fingerprint density at radius 2 is 1.40 bits per heavy atom. The molecule has 0 aliphatic carbocycles. The van der Waals surface area contributed by atoms with Crippen LogP contribution in [-0.4, -0.2) is 38.9 Å². The van der Waals surface area contributed by atoms with Gasteiger partial charge in [0.2, 0.25) is 5.75 Å². The van der Waals surface area contributed by atoms with Gasteiger partial charge in [0.05, 0.1) is 33.1 Å². The standard InChI is InChI=1S/C26H26N4O5/c1-33-22-14-18(15-23(34-2)24(22)35-3)25(31)27-28-26(32)20-16-21(17-10-6-4-7-11-17)30(29-20)19-12-8-5-9-13-19/h4-15,21H,16H2,1-3H3,(H,27,31)(H,28,32). The zero-order valence-corrected chi connectivity index (χ0v) is 19.6. The highest BCUT2D eigenvalue weighted by Crippen LogP contribution is 2.38. The second-order valence-electron chi connectivity index (χ2n) is 7.68. The van der Waals surface area contributed by atoms with Gasteiger partial charge in [0.1, 0.15) is 5.71 Å². The number of nitrogens with zero attached hydrogens (tertiary/aromatic N) is 2. The highest BCUT2D eigenvalue weighted by Gasteiger charge is 2.32. The van der Waals surface area contributed by atoms with Gasteiger partial charge in [-0.3, -0.25) is 25.4 Å². The van der Waals surface area contributed by atoms with Crippen LogP contribution in [0.25, 0.3) is 0 Å². The lowest BCUT2D eigenvalue weighted by atomic mass is 10.0.